The lowest BCUT2D eigenvalue weighted by Gasteiger charge is -2.15. The van der Waals surface area contributed by atoms with Gasteiger partial charge in [0, 0.05) is 22.8 Å². The van der Waals surface area contributed by atoms with Crippen molar-refractivity contribution in [1.29, 1.82) is 0 Å². The van der Waals surface area contributed by atoms with Crippen molar-refractivity contribution in [2.24, 2.45) is 0 Å². The molecule has 0 aliphatic heterocycles. The Morgan fingerprint density at radius 2 is 1.96 bits per heavy atom. The molecule has 1 N–H and O–H groups in total. The van der Waals surface area contributed by atoms with Gasteiger partial charge in [0.2, 0.25) is 5.91 Å². The second-order valence-electron chi connectivity index (χ2n) is 6.32. The van der Waals surface area contributed by atoms with E-state index >= 15 is 0 Å². The molecule has 0 radical (unpaired) electrons. The Hall–Kier alpha value is -2.02. The third kappa shape index (κ3) is 4.20. The number of hydrogen-bond acceptors (Lipinski definition) is 2. The van der Waals surface area contributed by atoms with E-state index in [1.165, 1.54) is 4.68 Å². The summed E-state index contributed by atoms with van der Waals surface area (Å²) in [5, 5.41) is 7.01. The Kier molecular flexibility index (Phi) is 5.55. The van der Waals surface area contributed by atoms with Crippen molar-refractivity contribution in [2.45, 2.75) is 44.8 Å². The number of rotatable bonds is 5. The van der Waals surface area contributed by atoms with Crippen molar-refractivity contribution in [2.75, 3.05) is 6.54 Å². The van der Waals surface area contributed by atoms with E-state index in [2.05, 4.69) is 10.4 Å². The van der Waals surface area contributed by atoms with Crippen LogP contribution in [0.2, 0.25) is 5.02 Å². The predicted octanol–water partition coefficient (Wildman–Crippen LogP) is 3.79. The van der Waals surface area contributed by atoms with Crippen LogP contribution in [0, 0.1) is 0 Å². The van der Waals surface area contributed by atoms with E-state index in [1.807, 2.05) is 0 Å². The number of nitrogens with one attached hydrogen (secondary N) is 1. The van der Waals surface area contributed by atoms with Crippen LogP contribution in [0.15, 0.2) is 24.3 Å². The summed E-state index contributed by atoms with van der Waals surface area (Å²) in [4.78, 5) is 12.0. The Bertz CT molecular complexity index is 801. The van der Waals surface area contributed by atoms with Gasteiger partial charge in [0.15, 0.2) is 5.69 Å². The first-order valence-electron chi connectivity index (χ1n) is 8.52. The number of aromatic nitrogens is 2. The number of amides is 1. The minimum Gasteiger partial charge on any atom is -0.354 e. The molecule has 8 heteroatoms. The fourth-order valence-corrected chi connectivity index (χ4v) is 3.46. The highest BCUT2D eigenvalue weighted by Crippen LogP contribution is 2.35. The molecule has 0 spiro atoms. The zero-order valence-electron chi connectivity index (χ0n) is 14.1. The third-order valence-electron chi connectivity index (χ3n) is 4.48. The first-order valence-corrected chi connectivity index (χ1v) is 8.90. The van der Waals surface area contributed by atoms with E-state index in [1.54, 1.807) is 24.3 Å². The molecule has 0 bridgehead atoms. The van der Waals surface area contributed by atoms with Gasteiger partial charge in [0.1, 0.15) is 0 Å². The highest BCUT2D eigenvalue weighted by Gasteiger charge is 2.39. The van der Waals surface area contributed by atoms with Gasteiger partial charge < -0.3 is 5.32 Å². The Morgan fingerprint density at radius 1 is 1.23 bits per heavy atom. The van der Waals surface area contributed by atoms with Gasteiger partial charge in [-0.25, -0.2) is 0 Å². The van der Waals surface area contributed by atoms with Crippen LogP contribution >= 0.6 is 11.6 Å². The zero-order valence-corrected chi connectivity index (χ0v) is 14.8. The van der Waals surface area contributed by atoms with E-state index in [0.717, 1.165) is 12.8 Å². The van der Waals surface area contributed by atoms with Crippen LogP contribution in [0.1, 0.15) is 35.4 Å². The number of nitrogens with zero attached hydrogens (tertiary/aromatic N) is 2. The van der Waals surface area contributed by atoms with Crippen molar-refractivity contribution in [1.82, 2.24) is 15.1 Å². The van der Waals surface area contributed by atoms with E-state index in [4.69, 9.17) is 11.6 Å². The molecule has 1 aliphatic rings. The van der Waals surface area contributed by atoms with Crippen LogP contribution in [-0.4, -0.2) is 22.2 Å². The van der Waals surface area contributed by atoms with Gasteiger partial charge in [0.25, 0.3) is 0 Å². The first-order chi connectivity index (χ1) is 12.4. The summed E-state index contributed by atoms with van der Waals surface area (Å²) in [6.07, 6.45) is -1.72. The summed E-state index contributed by atoms with van der Waals surface area (Å²) in [5.41, 5.74) is 0.882. The molecular formula is C18H19ClF3N3O. The Labute approximate surface area is 154 Å². The van der Waals surface area contributed by atoms with Crippen molar-refractivity contribution in [3.63, 3.8) is 0 Å². The molecule has 2 aromatic rings. The van der Waals surface area contributed by atoms with Gasteiger partial charge in [0.05, 0.1) is 13.0 Å². The monoisotopic (exact) mass is 385 g/mol. The Morgan fingerprint density at radius 3 is 2.69 bits per heavy atom. The molecule has 3 rings (SSSR count). The molecule has 1 aromatic heterocycles. The first kappa shape index (κ1) is 18.8. The minimum absolute atomic E-state index is 0.130. The molecular weight excluding hydrogens is 367 g/mol. The lowest BCUT2D eigenvalue weighted by molar-refractivity contribution is -0.142. The standard InChI is InChI=1S/C18H19ClF3N3O/c19-14-7-3-1-5-12(14)11-16(26)23-9-10-25-15-8-4-2-6-13(15)17(24-25)18(20,21)22/h1,3,5,7H,2,4,6,8-11H2,(H,23,26). The summed E-state index contributed by atoms with van der Waals surface area (Å²) in [7, 11) is 0. The van der Waals surface area contributed by atoms with Gasteiger partial charge in [-0.1, -0.05) is 29.8 Å². The molecule has 1 aliphatic carbocycles. The molecule has 4 nitrogen and oxygen atoms in total. The van der Waals surface area contributed by atoms with Crippen molar-refractivity contribution in [3.8, 4) is 0 Å². The van der Waals surface area contributed by atoms with Gasteiger partial charge in [-0.15, -0.1) is 0 Å². The van der Waals surface area contributed by atoms with Crippen molar-refractivity contribution >= 4 is 17.5 Å². The van der Waals surface area contributed by atoms with Crippen molar-refractivity contribution in [3.05, 3.63) is 51.8 Å². The molecule has 0 atom stereocenters. The maximum Gasteiger partial charge on any atom is 0.435 e. The molecule has 0 unspecified atom stereocenters. The maximum absolute atomic E-state index is 13.2. The van der Waals surface area contributed by atoms with Crippen LogP contribution in [-0.2, 0) is 36.8 Å². The molecule has 1 amide bonds. The zero-order chi connectivity index (χ0) is 18.7. The van der Waals surface area contributed by atoms with E-state index < -0.39 is 11.9 Å². The minimum atomic E-state index is -4.44. The Balaban J connectivity index is 1.62. The van der Waals surface area contributed by atoms with Crippen LogP contribution in [0.5, 0.6) is 0 Å². The number of carbonyl (C=O) groups is 1. The number of hydrogen-bond donors (Lipinski definition) is 1. The smallest absolute Gasteiger partial charge is 0.354 e. The SMILES string of the molecule is O=C(Cc1ccccc1Cl)NCCn1nc(C(F)(F)F)c2c1CCCC2. The molecule has 0 fully saturated rings. The lowest BCUT2D eigenvalue weighted by atomic mass is 9.95. The highest BCUT2D eigenvalue weighted by atomic mass is 35.5. The number of halogens is 4. The fraction of sp³-hybridized carbons (Fsp3) is 0.444. The number of benzene rings is 1. The van der Waals surface area contributed by atoms with Crippen LogP contribution in [0.25, 0.3) is 0 Å². The third-order valence-corrected chi connectivity index (χ3v) is 4.85. The molecule has 1 aromatic carbocycles. The van der Waals surface area contributed by atoms with Gasteiger partial charge in [-0.3, -0.25) is 9.48 Å². The molecule has 1 heterocycles. The average Bonchev–Trinajstić information content (AvgIpc) is 2.96. The van der Waals surface area contributed by atoms with Crippen LogP contribution < -0.4 is 5.32 Å². The molecule has 0 saturated carbocycles. The van der Waals surface area contributed by atoms with Crippen molar-refractivity contribution < 1.29 is 18.0 Å². The largest absolute Gasteiger partial charge is 0.435 e. The van der Waals surface area contributed by atoms with E-state index in [9.17, 15) is 18.0 Å². The van der Waals surface area contributed by atoms with Crippen LogP contribution in [0.3, 0.4) is 0 Å². The summed E-state index contributed by atoms with van der Waals surface area (Å²) in [6.45, 7) is 0.432. The van der Waals surface area contributed by atoms with Gasteiger partial charge in [-0.05, 0) is 37.3 Å². The summed E-state index contributed by atoms with van der Waals surface area (Å²) in [6, 6.07) is 7.05. The average molecular weight is 386 g/mol. The molecule has 140 valence electrons. The quantitative estimate of drug-likeness (QED) is 0.851. The number of alkyl halides is 3. The maximum atomic E-state index is 13.2. The summed E-state index contributed by atoms with van der Waals surface area (Å²) in [5.74, 6) is -0.227. The lowest BCUT2D eigenvalue weighted by Crippen LogP contribution is -2.29. The molecule has 26 heavy (non-hydrogen) atoms. The van der Waals surface area contributed by atoms with E-state index in [-0.39, 0.29) is 25.4 Å². The summed E-state index contributed by atoms with van der Waals surface area (Å²) < 4.78 is 40.9. The highest BCUT2D eigenvalue weighted by molar-refractivity contribution is 6.31. The second-order valence-corrected chi connectivity index (χ2v) is 6.73. The van der Waals surface area contributed by atoms with Gasteiger partial charge >= 0.3 is 6.18 Å². The fourth-order valence-electron chi connectivity index (χ4n) is 3.26. The molecule has 0 saturated heterocycles. The normalized spacial score (nSPS) is 14.2. The van der Waals surface area contributed by atoms with Crippen LogP contribution in [0.4, 0.5) is 13.2 Å². The second kappa shape index (κ2) is 7.70. The number of carbonyl (C=O) groups excluding carboxylic acids is 1. The number of fused-ring (bicyclic) bond motifs is 1. The van der Waals surface area contributed by atoms with E-state index in [0.29, 0.717) is 34.7 Å². The summed E-state index contributed by atoms with van der Waals surface area (Å²) >= 11 is 6.02. The topological polar surface area (TPSA) is 46.9 Å². The van der Waals surface area contributed by atoms with Gasteiger partial charge in [-0.2, -0.15) is 18.3 Å². The predicted molar refractivity (Wildman–Crippen MR) is 92.0 cm³/mol.